The summed E-state index contributed by atoms with van der Waals surface area (Å²) in [5.74, 6) is -0.320. The van der Waals surface area contributed by atoms with Crippen LogP contribution in [0, 0.1) is 5.92 Å². The van der Waals surface area contributed by atoms with Crippen molar-refractivity contribution in [1.82, 2.24) is 14.5 Å². The Hall–Kier alpha value is -1.54. The molecule has 2 rings (SSSR count). The quantitative estimate of drug-likeness (QED) is 0.729. The predicted octanol–water partition coefficient (Wildman–Crippen LogP) is -0.272. The summed E-state index contributed by atoms with van der Waals surface area (Å²) in [7, 11) is 1.80. The van der Waals surface area contributed by atoms with Crippen molar-refractivity contribution in [2.24, 2.45) is 18.7 Å². The van der Waals surface area contributed by atoms with Gasteiger partial charge in [-0.3, -0.25) is 9.59 Å². The Kier molecular flexibility index (Phi) is 5.24. The predicted molar refractivity (Wildman–Crippen MR) is 78.4 cm³/mol. The van der Waals surface area contributed by atoms with E-state index in [0.717, 1.165) is 12.8 Å². The number of primary amides is 1. The van der Waals surface area contributed by atoms with Gasteiger partial charge in [0, 0.05) is 20.1 Å². The second-order valence-electron chi connectivity index (χ2n) is 5.12. The molecule has 7 nitrogen and oxygen atoms in total. The molecule has 1 unspecified atom stereocenters. The molecule has 0 bridgehead atoms. The number of nitrogens with zero attached hydrogens (tertiary/aromatic N) is 3. The van der Waals surface area contributed by atoms with Crippen molar-refractivity contribution in [3.05, 3.63) is 11.9 Å². The Morgan fingerprint density at radius 2 is 2.33 bits per heavy atom. The molecule has 0 spiro atoms. The lowest BCUT2D eigenvalue weighted by Gasteiger charge is -2.31. The number of aliphatic hydroxyl groups excluding tert-OH is 1. The van der Waals surface area contributed by atoms with Crippen molar-refractivity contribution in [1.29, 1.82) is 0 Å². The van der Waals surface area contributed by atoms with E-state index in [1.54, 1.807) is 22.7 Å². The maximum Gasteiger partial charge on any atom is 0.233 e. The van der Waals surface area contributed by atoms with E-state index in [2.05, 4.69) is 4.98 Å². The van der Waals surface area contributed by atoms with Crippen LogP contribution in [-0.2, 0) is 23.2 Å². The van der Waals surface area contributed by atoms with Crippen molar-refractivity contribution in [3.8, 4) is 0 Å². The molecule has 1 atom stereocenters. The average Bonchev–Trinajstić information content (AvgIpc) is 2.85. The van der Waals surface area contributed by atoms with Gasteiger partial charge >= 0.3 is 0 Å². The molecule has 0 saturated carbocycles. The summed E-state index contributed by atoms with van der Waals surface area (Å²) >= 11 is 1.33. The van der Waals surface area contributed by atoms with E-state index < -0.39 is 0 Å². The first-order valence-corrected chi connectivity index (χ1v) is 7.82. The zero-order chi connectivity index (χ0) is 15.4. The van der Waals surface area contributed by atoms with Crippen LogP contribution in [0.15, 0.2) is 11.4 Å². The fourth-order valence-electron chi connectivity index (χ4n) is 2.36. The molecule has 116 valence electrons. The van der Waals surface area contributed by atoms with Gasteiger partial charge in [-0.25, -0.2) is 4.98 Å². The van der Waals surface area contributed by atoms with Crippen molar-refractivity contribution >= 4 is 23.6 Å². The highest BCUT2D eigenvalue weighted by molar-refractivity contribution is 7.99. The third kappa shape index (κ3) is 3.76. The lowest BCUT2D eigenvalue weighted by Crippen LogP contribution is -2.44. The first kappa shape index (κ1) is 15.8. The summed E-state index contributed by atoms with van der Waals surface area (Å²) in [5.41, 5.74) is 6.02. The van der Waals surface area contributed by atoms with Crippen LogP contribution in [0.1, 0.15) is 18.5 Å². The monoisotopic (exact) mass is 312 g/mol. The van der Waals surface area contributed by atoms with Crippen molar-refractivity contribution in [2.45, 2.75) is 24.6 Å². The average molecular weight is 312 g/mol. The standard InChI is InChI=1S/C13H20N4O3S/c1-16-10(7-18)5-15-13(16)21-8-11(19)17-4-2-3-9(6-17)12(14)20/h5,9,18H,2-4,6-8H2,1H3,(H2,14,20). The van der Waals surface area contributed by atoms with Crippen LogP contribution < -0.4 is 5.73 Å². The molecule has 0 aliphatic carbocycles. The molecule has 1 fully saturated rings. The molecule has 8 heteroatoms. The highest BCUT2D eigenvalue weighted by Gasteiger charge is 2.27. The first-order chi connectivity index (χ1) is 10.0. The molecule has 3 N–H and O–H groups in total. The Labute approximate surface area is 127 Å². The fraction of sp³-hybridized carbons (Fsp3) is 0.615. The van der Waals surface area contributed by atoms with Gasteiger partial charge in [-0.2, -0.15) is 0 Å². The van der Waals surface area contributed by atoms with Gasteiger partial charge in [-0.05, 0) is 12.8 Å². The number of imidazole rings is 1. The van der Waals surface area contributed by atoms with Crippen LogP contribution >= 0.6 is 11.8 Å². The summed E-state index contributed by atoms with van der Waals surface area (Å²) in [6, 6.07) is 0. The van der Waals surface area contributed by atoms with E-state index in [1.807, 2.05) is 0 Å². The van der Waals surface area contributed by atoms with Crippen LogP contribution in [0.4, 0.5) is 0 Å². The van der Waals surface area contributed by atoms with Crippen LogP contribution in [0.5, 0.6) is 0 Å². The smallest absolute Gasteiger partial charge is 0.233 e. The number of aromatic nitrogens is 2. The molecule has 1 aromatic heterocycles. The number of carbonyl (C=O) groups is 2. The lowest BCUT2D eigenvalue weighted by atomic mass is 9.97. The Bertz CT molecular complexity index is 531. The number of piperidine rings is 1. The van der Waals surface area contributed by atoms with E-state index in [9.17, 15) is 9.59 Å². The van der Waals surface area contributed by atoms with Gasteiger partial charge in [0.25, 0.3) is 0 Å². The molecule has 21 heavy (non-hydrogen) atoms. The van der Waals surface area contributed by atoms with Gasteiger partial charge in [0.2, 0.25) is 11.8 Å². The van der Waals surface area contributed by atoms with E-state index in [-0.39, 0.29) is 30.1 Å². The van der Waals surface area contributed by atoms with Gasteiger partial charge in [-0.15, -0.1) is 0 Å². The normalized spacial score (nSPS) is 18.8. The second kappa shape index (κ2) is 6.95. The third-order valence-corrected chi connectivity index (χ3v) is 4.73. The van der Waals surface area contributed by atoms with Crippen LogP contribution in [0.25, 0.3) is 0 Å². The SMILES string of the molecule is Cn1c(CO)cnc1SCC(=O)N1CCCC(C(N)=O)C1. The Morgan fingerprint density at radius 3 is 2.95 bits per heavy atom. The number of amides is 2. The molecule has 1 aromatic rings. The summed E-state index contributed by atoms with van der Waals surface area (Å²) in [6.45, 7) is 1.01. The third-order valence-electron chi connectivity index (χ3n) is 3.70. The maximum atomic E-state index is 12.2. The minimum absolute atomic E-state index is 0.0144. The topological polar surface area (TPSA) is 101 Å². The Balaban J connectivity index is 1.89. The Morgan fingerprint density at radius 1 is 1.57 bits per heavy atom. The van der Waals surface area contributed by atoms with Gasteiger partial charge in [0.05, 0.1) is 30.2 Å². The van der Waals surface area contributed by atoms with Crippen LogP contribution in [0.2, 0.25) is 0 Å². The van der Waals surface area contributed by atoms with E-state index in [4.69, 9.17) is 10.8 Å². The van der Waals surface area contributed by atoms with Crippen molar-refractivity contribution < 1.29 is 14.7 Å². The molecule has 1 saturated heterocycles. The number of aliphatic hydroxyl groups is 1. The van der Waals surface area contributed by atoms with E-state index in [0.29, 0.717) is 23.9 Å². The lowest BCUT2D eigenvalue weighted by molar-refractivity contribution is -0.132. The first-order valence-electron chi connectivity index (χ1n) is 6.84. The van der Waals surface area contributed by atoms with E-state index >= 15 is 0 Å². The summed E-state index contributed by atoms with van der Waals surface area (Å²) in [5, 5.41) is 9.80. The zero-order valence-electron chi connectivity index (χ0n) is 12.0. The summed E-state index contributed by atoms with van der Waals surface area (Å²) in [6.07, 6.45) is 3.16. The van der Waals surface area contributed by atoms with Crippen molar-refractivity contribution in [3.63, 3.8) is 0 Å². The number of carbonyl (C=O) groups excluding carboxylic acids is 2. The summed E-state index contributed by atoms with van der Waals surface area (Å²) < 4.78 is 1.76. The van der Waals surface area contributed by atoms with Crippen LogP contribution in [-0.4, -0.2) is 50.2 Å². The summed E-state index contributed by atoms with van der Waals surface area (Å²) in [4.78, 5) is 29.3. The molecule has 0 aromatic carbocycles. The van der Waals surface area contributed by atoms with Crippen LogP contribution in [0.3, 0.4) is 0 Å². The molecular weight excluding hydrogens is 292 g/mol. The number of rotatable bonds is 5. The molecule has 1 aliphatic heterocycles. The molecule has 1 aliphatic rings. The molecule has 2 amide bonds. The largest absolute Gasteiger partial charge is 0.390 e. The van der Waals surface area contributed by atoms with Gasteiger partial charge in [0.1, 0.15) is 0 Å². The fourth-order valence-corrected chi connectivity index (χ4v) is 3.23. The highest BCUT2D eigenvalue weighted by Crippen LogP contribution is 2.20. The molecule has 0 radical (unpaired) electrons. The number of hydrogen-bond donors (Lipinski definition) is 2. The van der Waals surface area contributed by atoms with E-state index in [1.165, 1.54) is 11.8 Å². The minimum Gasteiger partial charge on any atom is -0.390 e. The van der Waals surface area contributed by atoms with Gasteiger partial charge in [-0.1, -0.05) is 11.8 Å². The highest BCUT2D eigenvalue weighted by atomic mass is 32.2. The number of thioether (sulfide) groups is 1. The maximum absolute atomic E-state index is 12.2. The van der Waals surface area contributed by atoms with Gasteiger partial charge < -0.3 is 20.3 Å². The van der Waals surface area contributed by atoms with Crippen molar-refractivity contribution in [2.75, 3.05) is 18.8 Å². The van der Waals surface area contributed by atoms with Gasteiger partial charge in [0.15, 0.2) is 5.16 Å². The molecule has 2 heterocycles. The number of likely N-dealkylation sites (tertiary alicyclic amines) is 1. The number of hydrogen-bond acceptors (Lipinski definition) is 5. The molecular formula is C13H20N4O3S. The number of nitrogens with two attached hydrogens (primary N) is 1. The second-order valence-corrected chi connectivity index (χ2v) is 6.06. The minimum atomic E-state index is -0.336. The zero-order valence-corrected chi connectivity index (χ0v) is 12.8.